The zero-order valence-electron chi connectivity index (χ0n) is 20.3. The second-order valence-corrected chi connectivity index (χ2v) is 9.67. The fourth-order valence-corrected chi connectivity index (χ4v) is 5.32. The Labute approximate surface area is 230 Å². The largest absolute Gasteiger partial charge is 0.418 e. The third-order valence-electron chi connectivity index (χ3n) is 6.75. The van der Waals surface area contributed by atoms with Crippen LogP contribution in [0.3, 0.4) is 0 Å². The van der Waals surface area contributed by atoms with Crippen molar-refractivity contribution in [1.82, 2.24) is 20.1 Å². The van der Waals surface area contributed by atoms with Crippen LogP contribution in [0.4, 0.5) is 42.1 Å². The van der Waals surface area contributed by atoms with Gasteiger partial charge in [-0.2, -0.15) is 18.3 Å². The average molecular weight is 594 g/mol. The number of hydrogen-bond acceptors (Lipinski definition) is 4. The molecule has 0 radical (unpaired) electrons. The van der Waals surface area contributed by atoms with E-state index in [9.17, 15) is 35.5 Å². The molecule has 0 fully saturated rings. The molecule has 5 aromatic rings. The molecule has 1 atom stereocenters. The van der Waals surface area contributed by atoms with E-state index in [0.29, 0.717) is 6.07 Å². The molecule has 3 aromatic carbocycles. The van der Waals surface area contributed by atoms with Gasteiger partial charge in [-0.1, -0.05) is 11.6 Å². The maximum absolute atomic E-state index is 14.4. The Bertz CT molecular complexity index is 1870. The van der Waals surface area contributed by atoms with Crippen LogP contribution >= 0.6 is 11.6 Å². The quantitative estimate of drug-likeness (QED) is 0.209. The number of pyridine rings is 1. The van der Waals surface area contributed by atoms with Crippen LogP contribution < -0.4 is 10.6 Å². The van der Waals surface area contributed by atoms with Crippen molar-refractivity contribution < 1.29 is 35.5 Å². The molecule has 0 saturated heterocycles. The third kappa shape index (κ3) is 4.59. The van der Waals surface area contributed by atoms with Gasteiger partial charge in [0.05, 0.1) is 34.4 Å². The van der Waals surface area contributed by atoms with Crippen molar-refractivity contribution in [3.05, 3.63) is 93.8 Å². The molecule has 0 bridgehead atoms. The van der Waals surface area contributed by atoms with E-state index in [1.807, 2.05) is 0 Å². The molecular formula is C27H15ClF7N5O. The number of anilines is 2. The summed E-state index contributed by atoms with van der Waals surface area (Å²) in [7, 11) is 0. The van der Waals surface area contributed by atoms with Gasteiger partial charge in [-0.05, 0) is 42.5 Å². The highest BCUT2D eigenvalue weighted by Crippen LogP contribution is 2.45. The lowest BCUT2D eigenvalue weighted by atomic mass is 9.94. The van der Waals surface area contributed by atoms with E-state index in [1.165, 1.54) is 24.4 Å². The lowest BCUT2D eigenvalue weighted by Crippen LogP contribution is -2.20. The van der Waals surface area contributed by atoms with E-state index in [2.05, 4.69) is 20.7 Å². The lowest BCUT2D eigenvalue weighted by molar-refractivity contribution is -0.136. The Morgan fingerprint density at radius 3 is 2.54 bits per heavy atom. The highest BCUT2D eigenvalue weighted by atomic mass is 35.5. The summed E-state index contributed by atoms with van der Waals surface area (Å²) in [4.78, 5) is 17.1. The summed E-state index contributed by atoms with van der Waals surface area (Å²) in [6.45, 7) is -0.805. The maximum atomic E-state index is 14.4. The summed E-state index contributed by atoms with van der Waals surface area (Å²) in [5, 5.41) is 9.72. The smallest absolute Gasteiger partial charge is 0.355 e. The van der Waals surface area contributed by atoms with Crippen molar-refractivity contribution >= 4 is 50.7 Å². The molecule has 3 heterocycles. The summed E-state index contributed by atoms with van der Waals surface area (Å²) in [5.74, 6) is -2.46. The van der Waals surface area contributed by atoms with Gasteiger partial charge in [-0.15, -0.1) is 0 Å². The number of amides is 1. The first-order chi connectivity index (χ1) is 19.4. The maximum Gasteiger partial charge on any atom is 0.418 e. The van der Waals surface area contributed by atoms with Crippen LogP contribution in [0.25, 0.3) is 21.8 Å². The molecule has 1 aliphatic heterocycles. The monoisotopic (exact) mass is 593 g/mol. The van der Waals surface area contributed by atoms with E-state index in [0.717, 1.165) is 29.1 Å². The molecule has 41 heavy (non-hydrogen) atoms. The Hall–Kier alpha value is -4.39. The topological polar surface area (TPSA) is 71.8 Å². The van der Waals surface area contributed by atoms with Gasteiger partial charge in [0, 0.05) is 44.5 Å². The summed E-state index contributed by atoms with van der Waals surface area (Å²) in [5.41, 5.74) is -1.25. The molecule has 0 saturated carbocycles. The fraction of sp³-hybridized carbons (Fsp3) is 0.148. The number of carbonyl (C=O) groups excluding carboxylic acids is 1. The average Bonchev–Trinajstić information content (AvgIpc) is 3.45. The summed E-state index contributed by atoms with van der Waals surface area (Å²) in [6, 6.07) is 6.37. The van der Waals surface area contributed by atoms with Crippen LogP contribution in [0.1, 0.15) is 33.1 Å². The lowest BCUT2D eigenvalue weighted by Gasteiger charge is -2.20. The standard InChI is InChI=1S/C27H15ClF7N5O/c28-17-2-1-11(29)5-13(17)25-23-19(8-20-15(22(23)26(41)39-25)9-37-40(20)10-21(31)32)38-18-3-4-36-24-14(18)6-12(30)7-16(24)27(33,34)35/h1-9,21,25H,10H2,(H,36,38)(H,39,41). The van der Waals surface area contributed by atoms with Crippen LogP contribution in [0.5, 0.6) is 0 Å². The first kappa shape index (κ1) is 26.8. The Morgan fingerprint density at radius 1 is 1.02 bits per heavy atom. The molecule has 2 N–H and O–H groups in total. The molecular weight excluding hydrogens is 579 g/mol. The second-order valence-electron chi connectivity index (χ2n) is 9.27. The van der Waals surface area contributed by atoms with Crippen molar-refractivity contribution in [3.63, 3.8) is 0 Å². The molecule has 14 heteroatoms. The molecule has 2 aromatic heterocycles. The number of rotatable bonds is 5. The highest BCUT2D eigenvalue weighted by molar-refractivity contribution is 6.31. The molecule has 0 spiro atoms. The van der Waals surface area contributed by atoms with Crippen molar-refractivity contribution in [2.75, 3.05) is 5.32 Å². The number of fused-ring (bicyclic) bond motifs is 4. The minimum absolute atomic E-state index is 0.0232. The Kier molecular flexibility index (Phi) is 6.29. The first-order valence-corrected chi connectivity index (χ1v) is 12.3. The number of alkyl halides is 5. The number of carbonyl (C=O) groups is 1. The fourth-order valence-electron chi connectivity index (χ4n) is 5.09. The van der Waals surface area contributed by atoms with Crippen molar-refractivity contribution in [2.24, 2.45) is 0 Å². The van der Waals surface area contributed by atoms with Crippen molar-refractivity contribution in [1.29, 1.82) is 0 Å². The van der Waals surface area contributed by atoms with Gasteiger partial charge in [0.2, 0.25) is 0 Å². The summed E-state index contributed by atoms with van der Waals surface area (Å²) < 4.78 is 97.3. The zero-order chi connectivity index (χ0) is 29.2. The van der Waals surface area contributed by atoms with Crippen LogP contribution in [0, 0.1) is 11.6 Å². The van der Waals surface area contributed by atoms with E-state index >= 15 is 0 Å². The van der Waals surface area contributed by atoms with Gasteiger partial charge in [0.1, 0.15) is 18.2 Å². The van der Waals surface area contributed by atoms with Crippen LogP contribution in [0.15, 0.2) is 54.9 Å². The number of nitrogens with one attached hydrogen (secondary N) is 2. The molecule has 210 valence electrons. The van der Waals surface area contributed by atoms with Crippen LogP contribution in [-0.2, 0) is 12.7 Å². The van der Waals surface area contributed by atoms with Gasteiger partial charge in [0.25, 0.3) is 12.3 Å². The minimum atomic E-state index is -4.91. The molecule has 0 aliphatic carbocycles. The van der Waals surface area contributed by atoms with E-state index < -0.39 is 53.8 Å². The molecule has 1 aliphatic rings. The van der Waals surface area contributed by atoms with Gasteiger partial charge >= 0.3 is 6.18 Å². The SMILES string of the molecule is O=C1NC(c2cc(F)ccc2Cl)c2c(Nc3ccnc4c(C(F)(F)F)cc(F)cc34)cc3c(cnn3CC(F)F)c21. The molecule has 6 rings (SSSR count). The van der Waals surface area contributed by atoms with E-state index in [4.69, 9.17) is 11.6 Å². The number of hydrogen-bond donors (Lipinski definition) is 2. The summed E-state index contributed by atoms with van der Waals surface area (Å²) >= 11 is 6.34. The van der Waals surface area contributed by atoms with Crippen molar-refractivity contribution in [3.8, 4) is 0 Å². The highest BCUT2D eigenvalue weighted by Gasteiger charge is 2.37. The predicted molar refractivity (Wildman–Crippen MR) is 136 cm³/mol. The predicted octanol–water partition coefficient (Wildman–Crippen LogP) is 7.38. The second kappa shape index (κ2) is 9.61. The third-order valence-corrected chi connectivity index (χ3v) is 7.09. The van der Waals surface area contributed by atoms with Gasteiger partial charge in [-0.3, -0.25) is 14.5 Å². The van der Waals surface area contributed by atoms with Gasteiger partial charge in [-0.25, -0.2) is 17.6 Å². The van der Waals surface area contributed by atoms with Gasteiger partial charge in [0.15, 0.2) is 0 Å². The molecule has 1 amide bonds. The van der Waals surface area contributed by atoms with Crippen LogP contribution in [-0.4, -0.2) is 27.1 Å². The zero-order valence-corrected chi connectivity index (χ0v) is 21.1. The Morgan fingerprint density at radius 2 is 1.80 bits per heavy atom. The first-order valence-electron chi connectivity index (χ1n) is 11.9. The van der Waals surface area contributed by atoms with E-state index in [-0.39, 0.29) is 49.4 Å². The number of nitrogens with zero attached hydrogens (tertiary/aromatic N) is 3. The Balaban J connectivity index is 1.62. The summed E-state index contributed by atoms with van der Waals surface area (Å²) in [6.07, 6.45) is -5.38. The number of halogens is 8. The van der Waals surface area contributed by atoms with Crippen LogP contribution in [0.2, 0.25) is 5.02 Å². The van der Waals surface area contributed by atoms with Gasteiger partial charge < -0.3 is 10.6 Å². The number of aromatic nitrogens is 3. The van der Waals surface area contributed by atoms with E-state index in [1.54, 1.807) is 0 Å². The minimum Gasteiger partial charge on any atom is -0.355 e. The molecule has 6 nitrogen and oxygen atoms in total. The van der Waals surface area contributed by atoms with Crippen molar-refractivity contribution in [2.45, 2.75) is 25.2 Å². The normalized spacial score (nSPS) is 15.1. The number of benzene rings is 3. The molecule has 1 unspecified atom stereocenters.